The van der Waals surface area contributed by atoms with Gasteiger partial charge in [0.25, 0.3) is 0 Å². The molecule has 0 aliphatic carbocycles. The van der Waals surface area contributed by atoms with Crippen LogP contribution in [0.15, 0.2) is 36.4 Å². The fraction of sp³-hybridized carbons (Fsp3) is 0.400. The van der Waals surface area contributed by atoms with E-state index in [0.29, 0.717) is 23.0 Å². The van der Waals surface area contributed by atoms with Crippen LogP contribution in [-0.4, -0.2) is 40.5 Å². The number of rotatable bonds is 6. The molecule has 5 nitrogen and oxygen atoms in total. The van der Waals surface area contributed by atoms with Crippen LogP contribution in [0.25, 0.3) is 0 Å². The number of anilines is 1. The molecule has 0 amide bonds. The maximum absolute atomic E-state index is 6.24. The number of hydrogen-bond acceptors (Lipinski definition) is 5. The van der Waals surface area contributed by atoms with Crippen molar-refractivity contribution in [1.82, 2.24) is 0 Å². The van der Waals surface area contributed by atoms with Gasteiger partial charge in [0.1, 0.15) is 11.9 Å². The van der Waals surface area contributed by atoms with Gasteiger partial charge in [-0.25, -0.2) is 0 Å². The Morgan fingerprint density at radius 2 is 1.52 bits per heavy atom. The molecule has 5 heteroatoms. The highest BCUT2D eigenvalue weighted by atomic mass is 16.5. The Hall–Kier alpha value is -2.56. The van der Waals surface area contributed by atoms with Crippen LogP contribution in [0.4, 0.5) is 5.69 Å². The van der Waals surface area contributed by atoms with Crippen molar-refractivity contribution in [3.8, 4) is 23.0 Å². The van der Waals surface area contributed by atoms with Gasteiger partial charge in [-0.05, 0) is 18.2 Å². The molecule has 1 saturated heterocycles. The molecular weight excluding hydrogens is 318 g/mol. The topological polar surface area (TPSA) is 40.2 Å². The Balaban J connectivity index is 1.69. The van der Waals surface area contributed by atoms with Crippen LogP contribution in [0.2, 0.25) is 0 Å². The van der Waals surface area contributed by atoms with Crippen molar-refractivity contribution in [2.45, 2.75) is 18.9 Å². The minimum Gasteiger partial charge on any atom is -0.496 e. The van der Waals surface area contributed by atoms with Crippen LogP contribution in [0.5, 0.6) is 23.0 Å². The van der Waals surface area contributed by atoms with Crippen LogP contribution in [0.3, 0.4) is 0 Å². The molecular formula is C20H24NO4. The molecule has 0 spiro atoms. The van der Waals surface area contributed by atoms with Crippen LogP contribution < -0.4 is 23.8 Å². The molecule has 0 bridgehead atoms. The molecule has 1 aliphatic rings. The summed E-state index contributed by atoms with van der Waals surface area (Å²) < 4.78 is 22.5. The summed E-state index contributed by atoms with van der Waals surface area (Å²) >= 11 is 0. The largest absolute Gasteiger partial charge is 0.496 e. The third kappa shape index (κ3) is 3.92. The summed E-state index contributed by atoms with van der Waals surface area (Å²) in [7, 11) is 4.86. The first-order chi connectivity index (χ1) is 12.2. The van der Waals surface area contributed by atoms with Gasteiger partial charge in [0.2, 0.25) is 5.75 Å². The second kappa shape index (κ2) is 8.01. The molecule has 1 radical (unpaired) electrons. The first kappa shape index (κ1) is 17.3. The van der Waals surface area contributed by atoms with E-state index in [1.165, 1.54) is 5.69 Å². The molecule has 0 saturated carbocycles. The van der Waals surface area contributed by atoms with Crippen molar-refractivity contribution >= 4 is 5.69 Å². The second-order valence-corrected chi connectivity index (χ2v) is 5.92. The molecule has 0 aromatic heterocycles. The third-order valence-electron chi connectivity index (χ3n) is 4.46. The lowest BCUT2D eigenvalue weighted by Gasteiger charge is -2.34. The minimum absolute atomic E-state index is 0.128. The molecule has 0 N–H and O–H groups in total. The molecule has 2 aromatic carbocycles. The monoisotopic (exact) mass is 342 g/mol. The summed E-state index contributed by atoms with van der Waals surface area (Å²) in [6, 6.07) is 14.8. The molecule has 133 valence electrons. The Morgan fingerprint density at radius 3 is 2.04 bits per heavy atom. The van der Waals surface area contributed by atoms with Crippen LogP contribution in [0.1, 0.15) is 12.8 Å². The molecule has 0 atom stereocenters. The van der Waals surface area contributed by atoms with E-state index < -0.39 is 0 Å². The highest BCUT2D eigenvalue weighted by molar-refractivity contribution is 5.56. The Labute approximate surface area is 149 Å². The second-order valence-electron chi connectivity index (χ2n) is 5.92. The lowest BCUT2D eigenvalue weighted by molar-refractivity contribution is 0.158. The molecule has 1 aliphatic heterocycles. The fourth-order valence-corrected chi connectivity index (χ4v) is 3.08. The van der Waals surface area contributed by atoms with Crippen molar-refractivity contribution in [2.24, 2.45) is 0 Å². The Morgan fingerprint density at radius 1 is 0.920 bits per heavy atom. The SMILES string of the molecule is COc1cc(OC)c(OC2CCN(c3cc[c]cc3)CC2)c(OC)c1. The van der Waals surface area contributed by atoms with Crippen LogP contribution in [0, 0.1) is 6.07 Å². The third-order valence-corrected chi connectivity index (χ3v) is 4.46. The van der Waals surface area contributed by atoms with Gasteiger partial charge in [0, 0.05) is 43.8 Å². The molecule has 0 unspecified atom stereocenters. The van der Waals surface area contributed by atoms with Gasteiger partial charge < -0.3 is 23.8 Å². The summed E-state index contributed by atoms with van der Waals surface area (Å²) in [6.45, 7) is 1.91. The van der Waals surface area contributed by atoms with Crippen molar-refractivity contribution in [2.75, 3.05) is 39.3 Å². The lowest BCUT2D eigenvalue weighted by atomic mass is 10.1. The van der Waals surface area contributed by atoms with Gasteiger partial charge in [-0.15, -0.1) is 0 Å². The zero-order valence-corrected chi connectivity index (χ0v) is 15.0. The predicted molar refractivity (Wildman–Crippen MR) is 97.2 cm³/mol. The summed E-state index contributed by atoms with van der Waals surface area (Å²) in [6.07, 6.45) is 2.01. The number of hydrogen-bond donors (Lipinski definition) is 0. The number of ether oxygens (including phenoxy) is 4. The summed E-state index contributed by atoms with van der Waals surface area (Å²) in [5, 5.41) is 0. The van der Waals surface area contributed by atoms with Crippen molar-refractivity contribution in [1.29, 1.82) is 0 Å². The van der Waals surface area contributed by atoms with Crippen molar-refractivity contribution in [3.05, 3.63) is 42.5 Å². The highest BCUT2D eigenvalue weighted by Gasteiger charge is 2.24. The van der Waals surface area contributed by atoms with Gasteiger partial charge in [0.05, 0.1) is 21.3 Å². The van der Waals surface area contributed by atoms with Gasteiger partial charge in [-0.1, -0.05) is 12.1 Å². The zero-order chi connectivity index (χ0) is 17.6. The summed E-state index contributed by atoms with van der Waals surface area (Å²) in [5.74, 6) is 2.56. The van der Waals surface area contributed by atoms with Crippen LogP contribution >= 0.6 is 0 Å². The standard InChI is InChI=1S/C20H24NO4/c1-22-17-13-18(23-2)20(19(14-17)24-3)25-16-9-11-21(12-10-16)15-7-5-4-6-8-15/h5-8,13-14,16H,9-12H2,1-3H3. The zero-order valence-electron chi connectivity index (χ0n) is 15.0. The Bertz CT molecular complexity index is 656. The van der Waals surface area contributed by atoms with Gasteiger partial charge >= 0.3 is 0 Å². The van der Waals surface area contributed by atoms with Crippen molar-refractivity contribution in [3.63, 3.8) is 0 Å². The number of piperidine rings is 1. The van der Waals surface area contributed by atoms with E-state index in [-0.39, 0.29) is 6.10 Å². The molecule has 2 aromatic rings. The summed E-state index contributed by atoms with van der Waals surface area (Å²) in [5.41, 5.74) is 1.23. The average Bonchev–Trinajstić information content (AvgIpc) is 2.69. The van der Waals surface area contributed by atoms with E-state index in [1.807, 2.05) is 24.3 Å². The van der Waals surface area contributed by atoms with Gasteiger partial charge in [-0.3, -0.25) is 0 Å². The molecule has 1 heterocycles. The predicted octanol–water partition coefficient (Wildman–Crippen LogP) is 3.56. The summed E-state index contributed by atoms with van der Waals surface area (Å²) in [4.78, 5) is 2.37. The molecule has 3 rings (SSSR count). The van der Waals surface area contributed by atoms with Gasteiger partial charge in [0.15, 0.2) is 11.5 Å². The maximum Gasteiger partial charge on any atom is 0.204 e. The smallest absolute Gasteiger partial charge is 0.204 e. The van der Waals surface area contributed by atoms with E-state index in [1.54, 1.807) is 21.3 Å². The average molecular weight is 342 g/mol. The number of benzene rings is 2. The van der Waals surface area contributed by atoms with Crippen LogP contribution in [-0.2, 0) is 0 Å². The normalized spacial score (nSPS) is 14.9. The van der Waals surface area contributed by atoms with E-state index in [0.717, 1.165) is 25.9 Å². The van der Waals surface area contributed by atoms with E-state index in [4.69, 9.17) is 18.9 Å². The van der Waals surface area contributed by atoms with E-state index in [9.17, 15) is 0 Å². The first-order valence-corrected chi connectivity index (χ1v) is 8.43. The first-order valence-electron chi connectivity index (χ1n) is 8.43. The number of methoxy groups -OCH3 is 3. The molecule has 1 fully saturated rings. The minimum atomic E-state index is 0.128. The maximum atomic E-state index is 6.24. The highest BCUT2D eigenvalue weighted by Crippen LogP contribution is 2.42. The van der Waals surface area contributed by atoms with E-state index in [2.05, 4.69) is 23.1 Å². The quantitative estimate of drug-likeness (QED) is 0.803. The van der Waals surface area contributed by atoms with Gasteiger partial charge in [-0.2, -0.15) is 0 Å². The Kier molecular flexibility index (Phi) is 5.53. The lowest BCUT2D eigenvalue weighted by Crippen LogP contribution is -2.38. The molecule has 25 heavy (non-hydrogen) atoms. The fourth-order valence-electron chi connectivity index (χ4n) is 3.08. The van der Waals surface area contributed by atoms with Crippen molar-refractivity contribution < 1.29 is 18.9 Å². The number of nitrogens with zero attached hydrogens (tertiary/aromatic N) is 1. The van der Waals surface area contributed by atoms with E-state index >= 15 is 0 Å².